The maximum absolute atomic E-state index is 14.2. The van der Waals surface area contributed by atoms with Crippen molar-refractivity contribution >= 4 is 35.1 Å². The second-order valence-corrected chi connectivity index (χ2v) is 8.61. The highest BCUT2D eigenvalue weighted by Gasteiger charge is 2.34. The van der Waals surface area contributed by atoms with E-state index in [1.807, 2.05) is 31.2 Å². The minimum absolute atomic E-state index is 0.0328. The van der Waals surface area contributed by atoms with Gasteiger partial charge in [0.15, 0.2) is 5.76 Å². The largest absolute Gasteiger partial charge is 0.477 e. The number of ether oxygens (including phenoxy) is 2. The molecule has 3 aromatic carbocycles. The summed E-state index contributed by atoms with van der Waals surface area (Å²) in [6, 6.07) is 13.8. The molecule has 2 aliphatic heterocycles. The quantitative estimate of drug-likeness (QED) is 0.415. The zero-order valence-corrected chi connectivity index (χ0v) is 18.6. The van der Waals surface area contributed by atoms with Crippen LogP contribution in [0.1, 0.15) is 32.6 Å². The van der Waals surface area contributed by atoms with Crippen LogP contribution in [0.25, 0.3) is 6.08 Å². The summed E-state index contributed by atoms with van der Waals surface area (Å²) in [5.41, 5.74) is 3.19. The molecular formula is C25H18Cl2FNO3. The monoisotopic (exact) mass is 469 g/mol. The van der Waals surface area contributed by atoms with Crippen LogP contribution in [0.3, 0.4) is 0 Å². The van der Waals surface area contributed by atoms with Gasteiger partial charge in [-0.1, -0.05) is 47.5 Å². The molecule has 0 bridgehead atoms. The van der Waals surface area contributed by atoms with Crippen LogP contribution in [0.15, 0.2) is 54.3 Å². The van der Waals surface area contributed by atoms with Crippen LogP contribution < -0.4 is 9.47 Å². The summed E-state index contributed by atoms with van der Waals surface area (Å²) >= 11 is 12.4. The minimum Gasteiger partial charge on any atom is -0.477 e. The fraction of sp³-hybridized carbons (Fsp3) is 0.160. The van der Waals surface area contributed by atoms with E-state index in [0.29, 0.717) is 41.9 Å². The summed E-state index contributed by atoms with van der Waals surface area (Å²) in [7, 11) is 0. The van der Waals surface area contributed by atoms with Crippen molar-refractivity contribution in [3.8, 4) is 11.5 Å². The van der Waals surface area contributed by atoms with Crippen LogP contribution in [0.5, 0.6) is 11.5 Å². The maximum atomic E-state index is 14.2. The molecule has 0 saturated carbocycles. The molecule has 0 aromatic heterocycles. The second-order valence-electron chi connectivity index (χ2n) is 7.79. The molecular weight excluding hydrogens is 452 g/mol. The molecule has 2 aliphatic rings. The SMILES string of the molecule is Cc1c2c(cc3c1O/C(=C\c1c(F)cccc1Cl)C3=O)CN(Cc1ccccc1Cl)CO2. The molecule has 0 N–H and O–H groups in total. The molecule has 32 heavy (non-hydrogen) atoms. The third kappa shape index (κ3) is 3.66. The number of nitrogens with zero attached hydrogens (tertiary/aromatic N) is 1. The lowest BCUT2D eigenvalue weighted by Gasteiger charge is -2.30. The van der Waals surface area contributed by atoms with Crippen LogP contribution in [-0.4, -0.2) is 17.4 Å². The molecule has 4 nitrogen and oxygen atoms in total. The van der Waals surface area contributed by atoms with E-state index >= 15 is 0 Å². The van der Waals surface area contributed by atoms with Crippen LogP contribution in [0.2, 0.25) is 10.0 Å². The Hall–Kier alpha value is -2.86. The summed E-state index contributed by atoms with van der Waals surface area (Å²) in [4.78, 5) is 15.2. The van der Waals surface area contributed by atoms with Crippen molar-refractivity contribution in [3.05, 3.63) is 98.0 Å². The van der Waals surface area contributed by atoms with E-state index in [1.54, 1.807) is 12.1 Å². The number of rotatable bonds is 3. The molecule has 162 valence electrons. The van der Waals surface area contributed by atoms with Crippen LogP contribution in [-0.2, 0) is 13.1 Å². The van der Waals surface area contributed by atoms with Crippen molar-refractivity contribution in [2.45, 2.75) is 20.0 Å². The summed E-state index contributed by atoms with van der Waals surface area (Å²) in [6.45, 7) is 3.46. The van der Waals surface area contributed by atoms with Crippen LogP contribution >= 0.6 is 23.2 Å². The molecule has 5 rings (SSSR count). The van der Waals surface area contributed by atoms with Gasteiger partial charge in [0.05, 0.1) is 10.6 Å². The lowest BCUT2D eigenvalue weighted by atomic mass is 9.99. The number of benzene rings is 3. The van der Waals surface area contributed by atoms with E-state index < -0.39 is 5.82 Å². The minimum atomic E-state index is -0.521. The molecule has 0 atom stereocenters. The van der Waals surface area contributed by atoms with Crippen molar-refractivity contribution in [3.63, 3.8) is 0 Å². The number of carbonyl (C=O) groups is 1. The topological polar surface area (TPSA) is 38.8 Å². The number of hydrogen-bond acceptors (Lipinski definition) is 4. The molecule has 0 amide bonds. The van der Waals surface area contributed by atoms with Gasteiger partial charge >= 0.3 is 0 Å². The third-order valence-electron chi connectivity index (χ3n) is 5.63. The first kappa shape index (κ1) is 21.0. The smallest absolute Gasteiger partial charge is 0.231 e. The highest BCUT2D eigenvalue weighted by atomic mass is 35.5. The Morgan fingerprint density at radius 1 is 1.09 bits per heavy atom. The molecule has 0 unspecified atom stereocenters. The van der Waals surface area contributed by atoms with Gasteiger partial charge in [0, 0.05) is 34.8 Å². The zero-order chi connectivity index (χ0) is 22.4. The first-order valence-electron chi connectivity index (χ1n) is 10.1. The van der Waals surface area contributed by atoms with Gasteiger partial charge in [0.1, 0.15) is 24.0 Å². The van der Waals surface area contributed by atoms with Gasteiger partial charge in [-0.05, 0) is 42.8 Å². The molecule has 3 aromatic rings. The molecule has 0 fully saturated rings. The first-order chi connectivity index (χ1) is 15.4. The number of ketones is 1. The Morgan fingerprint density at radius 3 is 2.66 bits per heavy atom. The third-order valence-corrected chi connectivity index (χ3v) is 6.33. The standard InChI is InChI=1S/C25H18Cl2FNO3/c1-14-24-16(12-29(13-31-24)11-15-5-2-3-6-19(15)26)9-18-23(30)22(32-25(14)18)10-17-20(27)7-4-8-21(17)28/h2-10H,11-13H2,1H3/b22-10-. The van der Waals surface area contributed by atoms with Crippen molar-refractivity contribution in [2.75, 3.05) is 6.73 Å². The Kier molecular flexibility index (Phi) is 5.41. The molecule has 0 aliphatic carbocycles. The predicted molar refractivity (Wildman–Crippen MR) is 122 cm³/mol. The molecule has 0 spiro atoms. The number of halogens is 3. The van der Waals surface area contributed by atoms with E-state index in [-0.39, 0.29) is 22.1 Å². The van der Waals surface area contributed by atoms with Crippen molar-refractivity contribution in [2.24, 2.45) is 0 Å². The van der Waals surface area contributed by atoms with Gasteiger partial charge in [-0.25, -0.2) is 4.39 Å². The van der Waals surface area contributed by atoms with Crippen molar-refractivity contribution in [1.82, 2.24) is 4.90 Å². The number of fused-ring (bicyclic) bond motifs is 2. The second kappa shape index (κ2) is 8.24. The Morgan fingerprint density at radius 2 is 1.88 bits per heavy atom. The summed E-state index contributed by atoms with van der Waals surface area (Å²) < 4.78 is 26.1. The van der Waals surface area contributed by atoms with Crippen LogP contribution in [0, 0.1) is 12.7 Å². The summed E-state index contributed by atoms with van der Waals surface area (Å²) in [6.07, 6.45) is 1.35. The van der Waals surface area contributed by atoms with Gasteiger partial charge < -0.3 is 9.47 Å². The number of Topliss-reactive ketones (excluding diaryl/α,β-unsaturated/α-hetero) is 1. The fourth-order valence-electron chi connectivity index (χ4n) is 4.05. The molecule has 0 saturated heterocycles. The van der Waals surface area contributed by atoms with Gasteiger partial charge in [-0.3, -0.25) is 9.69 Å². The van der Waals surface area contributed by atoms with Gasteiger partial charge in [0.2, 0.25) is 5.78 Å². The fourth-order valence-corrected chi connectivity index (χ4v) is 4.46. The van der Waals surface area contributed by atoms with E-state index in [9.17, 15) is 9.18 Å². The maximum Gasteiger partial charge on any atom is 0.231 e. The Balaban J connectivity index is 1.45. The average molecular weight is 470 g/mol. The predicted octanol–water partition coefficient (Wildman–Crippen LogP) is 6.41. The number of hydrogen-bond donors (Lipinski definition) is 0. The van der Waals surface area contributed by atoms with Gasteiger partial charge in [0.25, 0.3) is 0 Å². The van der Waals surface area contributed by atoms with Gasteiger partial charge in [-0.15, -0.1) is 0 Å². The highest BCUT2D eigenvalue weighted by Crippen LogP contribution is 2.43. The Bertz CT molecular complexity index is 1270. The lowest BCUT2D eigenvalue weighted by molar-refractivity contribution is 0.0877. The summed E-state index contributed by atoms with van der Waals surface area (Å²) in [5.74, 6) is 0.342. The average Bonchev–Trinajstić information content (AvgIpc) is 3.08. The van der Waals surface area contributed by atoms with E-state index in [1.165, 1.54) is 18.2 Å². The van der Waals surface area contributed by atoms with Gasteiger partial charge in [-0.2, -0.15) is 0 Å². The van der Waals surface area contributed by atoms with Crippen molar-refractivity contribution < 1.29 is 18.7 Å². The first-order valence-corrected chi connectivity index (χ1v) is 10.8. The number of carbonyl (C=O) groups excluding carboxylic acids is 1. The van der Waals surface area contributed by atoms with Crippen molar-refractivity contribution in [1.29, 1.82) is 0 Å². The molecule has 2 heterocycles. The van der Waals surface area contributed by atoms with E-state index in [0.717, 1.165) is 16.7 Å². The van der Waals surface area contributed by atoms with Crippen LogP contribution in [0.4, 0.5) is 4.39 Å². The zero-order valence-electron chi connectivity index (χ0n) is 17.1. The lowest BCUT2D eigenvalue weighted by Crippen LogP contribution is -2.32. The van der Waals surface area contributed by atoms with E-state index in [2.05, 4.69) is 4.90 Å². The molecule has 7 heteroatoms. The normalized spacial score (nSPS) is 16.5. The molecule has 0 radical (unpaired) electrons. The summed E-state index contributed by atoms with van der Waals surface area (Å²) in [5, 5.41) is 0.910. The number of allylic oxidation sites excluding steroid dienone is 1. The van der Waals surface area contributed by atoms with E-state index in [4.69, 9.17) is 32.7 Å². The highest BCUT2D eigenvalue weighted by molar-refractivity contribution is 6.32. The Labute approximate surface area is 194 Å².